The molecule has 0 atom stereocenters. The van der Waals surface area contributed by atoms with Crippen molar-refractivity contribution < 1.29 is 9.59 Å². The molecule has 0 saturated heterocycles. The summed E-state index contributed by atoms with van der Waals surface area (Å²) >= 11 is 0. The third-order valence-corrected chi connectivity index (χ3v) is 1.85. The Kier molecular flexibility index (Phi) is 6.75. The molecular formula is C11H24N4O2. The summed E-state index contributed by atoms with van der Waals surface area (Å²) in [4.78, 5) is 22.6. The first-order chi connectivity index (χ1) is 7.70. The molecule has 0 aromatic carbocycles. The lowest BCUT2D eigenvalue weighted by atomic mass is 9.92. The summed E-state index contributed by atoms with van der Waals surface area (Å²) in [5.74, 6) is 5.17. The Morgan fingerprint density at radius 3 is 2.00 bits per heavy atom. The van der Waals surface area contributed by atoms with Gasteiger partial charge in [0, 0.05) is 26.6 Å². The average Bonchev–Trinajstić information content (AvgIpc) is 2.08. The number of hydrogen-bond acceptors (Lipinski definition) is 4. The number of likely N-dealkylation sites (N-methyl/N-ethyl adjacent to an activating group) is 1. The first kappa shape index (κ1) is 15.9. The van der Waals surface area contributed by atoms with Crippen molar-refractivity contribution in [3.63, 3.8) is 0 Å². The van der Waals surface area contributed by atoms with Crippen molar-refractivity contribution in [3.8, 4) is 0 Å². The molecule has 100 valence electrons. The van der Waals surface area contributed by atoms with Crippen LogP contribution >= 0.6 is 0 Å². The van der Waals surface area contributed by atoms with Crippen molar-refractivity contribution in [1.82, 2.24) is 15.6 Å². The second-order valence-electron chi connectivity index (χ2n) is 5.35. The number of hydrogen-bond donors (Lipinski definition) is 3. The Hall–Kier alpha value is -1.14. The van der Waals surface area contributed by atoms with Gasteiger partial charge in [-0.2, -0.15) is 0 Å². The monoisotopic (exact) mass is 244 g/mol. The molecule has 2 amide bonds. The van der Waals surface area contributed by atoms with E-state index < -0.39 is 0 Å². The topological polar surface area (TPSA) is 87.5 Å². The van der Waals surface area contributed by atoms with Crippen LogP contribution in [0.15, 0.2) is 0 Å². The predicted octanol–water partition coefficient (Wildman–Crippen LogP) is -0.539. The summed E-state index contributed by atoms with van der Waals surface area (Å²) in [6, 6.07) is 0. The summed E-state index contributed by atoms with van der Waals surface area (Å²) in [6.45, 7) is 7.02. The van der Waals surface area contributed by atoms with Crippen LogP contribution in [0.2, 0.25) is 0 Å². The lowest BCUT2D eigenvalue weighted by Gasteiger charge is -2.17. The summed E-state index contributed by atoms with van der Waals surface area (Å²) in [5.41, 5.74) is -0.0183. The maximum atomic E-state index is 11.4. The van der Waals surface area contributed by atoms with Crippen LogP contribution in [-0.4, -0.2) is 43.5 Å². The first-order valence-corrected chi connectivity index (χ1v) is 5.70. The summed E-state index contributed by atoms with van der Waals surface area (Å²) < 4.78 is 0. The Bertz CT molecular complexity index is 259. The number of nitrogens with two attached hydrogens (primary N) is 1. The minimum absolute atomic E-state index is 0.00249. The molecule has 0 aliphatic carbocycles. The fourth-order valence-corrected chi connectivity index (χ4v) is 1.23. The summed E-state index contributed by atoms with van der Waals surface area (Å²) in [7, 11) is 1.62. The van der Waals surface area contributed by atoms with E-state index in [0.717, 1.165) is 0 Å². The predicted molar refractivity (Wildman–Crippen MR) is 66.9 cm³/mol. The smallest absolute Gasteiger partial charge is 0.235 e. The summed E-state index contributed by atoms with van der Waals surface area (Å²) in [6.07, 6.45) is 0.479. The molecule has 0 aliphatic heterocycles. The number of carbonyl (C=O) groups excluding carboxylic acids is 2. The zero-order valence-electron chi connectivity index (χ0n) is 11.2. The van der Waals surface area contributed by atoms with E-state index in [2.05, 4.69) is 10.6 Å². The average molecular weight is 244 g/mol. The van der Waals surface area contributed by atoms with Gasteiger partial charge < -0.3 is 10.6 Å². The van der Waals surface area contributed by atoms with E-state index in [9.17, 15) is 9.59 Å². The number of carbonyl (C=O) groups is 2. The third-order valence-electron chi connectivity index (χ3n) is 1.85. The van der Waals surface area contributed by atoms with Gasteiger partial charge in [-0.05, 0) is 5.41 Å². The first-order valence-electron chi connectivity index (χ1n) is 5.70. The molecular weight excluding hydrogens is 220 g/mol. The summed E-state index contributed by atoms with van der Waals surface area (Å²) in [5, 5.41) is 6.71. The van der Waals surface area contributed by atoms with Crippen LogP contribution < -0.4 is 16.5 Å². The van der Waals surface area contributed by atoms with E-state index >= 15 is 0 Å². The van der Waals surface area contributed by atoms with Gasteiger partial charge in [0.2, 0.25) is 11.8 Å². The minimum atomic E-state index is -0.153. The highest BCUT2D eigenvalue weighted by Crippen LogP contribution is 2.17. The van der Waals surface area contributed by atoms with Crippen molar-refractivity contribution in [2.24, 2.45) is 11.3 Å². The van der Waals surface area contributed by atoms with Crippen molar-refractivity contribution in [2.75, 3.05) is 26.7 Å². The number of rotatable bonds is 6. The van der Waals surface area contributed by atoms with Gasteiger partial charge in [0.25, 0.3) is 0 Å². The van der Waals surface area contributed by atoms with Gasteiger partial charge in [0.15, 0.2) is 0 Å². The molecule has 0 fully saturated rings. The van der Waals surface area contributed by atoms with Crippen molar-refractivity contribution in [1.29, 1.82) is 0 Å². The maximum Gasteiger partial charge on any atom is 0.235 e. The Morgan fingerprint density at radius 2 is 1.59 bits per heavy atom. The molecule has 6 heteroatoms. The zero-order chi connectivity index (χ0) is 13.5. The number of amides is 2. The van der Waals surface area contributed by atoms with Gasteiger partial charge in [-0.25, -0.2) is 5.01 Å². The number of hydrazine groups is 1. The van der Waals surface area contributed by atoms with E-state index in [4.69, 9.17) is 5.84 Å². The molecule has 0 heterocycles. The van der Waals surface area contributed by atoms with Crippen LogP contribution in [0.4, 0.5) is 0 Å². The van der Waals surface area contributed by atoms with Crippen LogP contribution in [0.25, 0.3) is 0 Å². The second-order valence-corrected chi connectivity index (χ2v) is 5.35. The van der Waals surface area contributed by atoms with Gasteiger partial charge >= 0.3 is 0 Å². The van der Waals surface area contributed by atoms with Crippen molar-refractivity contribution >= 4 is 11.8 Å². The van der Waals surface area contributed by atoms with Gasteiger partial charge in [-0.1, -0.05) is 20.8 Å². The van der Waals surface area contributed by atoms with Crippen molar-refractivity contribution in [3.05, 3.63) is 0 Å². The highest BCUT2D eigenvalue weighted by atomic mass is 16.2. The molecule has 6 nitrogen and oxygen atoms in total. The molecule has 0 saturated carbocycles. The zero-order valence-corrected chi connectivity index (χ0v) is 11.2. The third kappa shape index (κ3) is 11.1. The maximum absolute atomic E-state index is 11.4. The van der Waals surface area contributed by atoms with Crippen LogP contribution in [0.3, 0.4) is 0 Å². The minimum Gasteiger partial charge on any atom is -0.354 e. The molecule has 0 bridgehead atoms. The van der Waals surface area contributed by atoms with Gasteiger partial charge in [0.1, 0.15) is 0 Å². The standard InChI is InChI=1S/C11H24N4O2/c1-11(2,3)7-9(16)13-5-6-14-10(17)8-15(4)12/h5-8,12H2,1-4H3,(H,13,16)(H,14,17). The van der Waals surface area contributed by atoms with Crippen LogP contribution in [0, 0.1) is 5.41 Å². The van der Waals surface area contributed by atoms with Gasteiger partial charge in [0.05, 0.1) is 6.54 Å². The second kappa shape index (κ2) is 7.24. The fourth-order valence-electron chi connectivity index (χ4n) is 1.23. The van der Waals surface area contributed by atoms with E-state index in [-0.39, 0.29) is 23.8 Å². The quantitative estimate of drug-likeness (QED) is 0.333. The number of nitrogens with one attached hydrogen (secondary N) is 2. The molecule has 0 radical (unpaired) electrons. The van der Waals surface area contributed by atoms with E-state index in [1.165, 1.54) is 5.01 Å². The molecule has 0 aromatic rings. The molecule has 17 heavy (non-hydrogen) atoms. The molecule has 0 aliphatic rings. The molecule has 4 N–H and O–H groups in total. The lowest BCUT2D eigenvalue weighted by molar-refractivity contribution is -0.124. The van der Waals surface area contributed by atoms with E-state index in [1.54, 1.807) is 7.05 Å². The lowest BCUT2D eigenvalue weighted by Crippen LogP contribution is -2.41. The highest BCUT2D eigenvalue weighted by molar-refractivity contribution is 5.78. The van der Waals surface area contributed by atoms with Crippen molar-refractivity contribution in [2.45, 2.75) is 27.2 Å². The Balaban J connectivity index is 3.58. The highest BCUT2D eigenvalue weighted by Gasteiger charge is 2.15. The normalized spacial score (nSPS) is 11.4. The molecule has 0 unspecified atom stereocenters. The Morgan fingerprint density at radius 1 is 1.12 bits per heavy atom. The van der Waals surface area contributed by atoms with Crippen LogP contribution in [-0.2, 0) is 9.59 Å². The Labute approximate surface area is 103 Å². The van der Waals surface area contributed by atoms with Crippen LogP contribution in [0.5, 0.6) is 0 Å². The van der Waals surface area contributed by atoms with Gasteiger partial charge in [-0.3, -0.25) is 15.4 Å². The molecule has 0 rings (SSSR count). The number of nitrogens with zero attached hydrogens (tertiary/aromatic N) is 1. The van der Waals surface area contributed by atoms with E-state index in [0.29, 0.717) is 19.5 Å². The fraction of sp³-hybridized carbons (Fsp3) is 0.818. The van der Waals surface area contributed by atoms with Crippen LogP contribution in [0.1, 0.15) is 27.2 Å². The molecule has 0 spiro atoms. The SMILES string of the molecule is CN(N)CC(=O)NCCNC(=O)CC(C)(C)C. The van der Waals surface area contributed by atoms with E-state index in [1.807, 2.05) is 20.8 Å². The largest absolute Gasteiger partial charge is 0.354 e. The van der Waals surface area contributed by atoms with Gasteiger partial charge in [-0.15, -0.1) is 0 Å². The molecule has 0 aromatic heterocycles.